The Hall–Kier alpha value is -1.58. The van der Waals surface area contributed by atoms with Crippen molar-refractivity contribution in [3.8, 4) is 6.07 Å². The summed E-state index contributed by atoms with van der Waals surface area (Å²) in [5, 5.41) is 8.83. The van der Waals surface area contributed by atoms with E-state index in [0.29, 0.717) is 25.1 Å². The summed E-state index contributed by atoms with van der Waals surface area (Å²) >= 11 is 0. The molecule has 1 atom stereocenters. The Morgan fingerprint density at radius 2 is 2.04 bits per heavy atom. The Kier molecular flexibility index (Phi) is 9.27. The Balaban J connectivity index is 1.97. The summed E-state index contributed by atoms with van der Waals surface area (Å²) in [6.07, 6.45) is 5.80. The maximum absolute atomic E-state index is 8.83. The highest BCUT2D eigenvalue weighted by Gasteiger charge is 2.31. The molecule has 8 heteroatoms. The van der Waals surface area contributed by atoms with E-state index >= 15 is 0 Å². The molecule has 2 rings (SSSR count). The van der Waals surface area contributed by atoms with Crippen LogP contribution in [0, 0.1) is 11.3 Å². The van der Waals surface area contributed by atoms with Gasteiger partial charge >= 0.3 is 0 Å². The number of hydrogen-bond acceptors (Lipinski definition) is 7. The summed E-state index contributed by atoms with van der Waals surface area (Å²) < 4.78 is 14.7. The van der Waals surface area contributed by atoms with Crippen LogP contribution in [0.2, 0.25) is 0 Å². The standard InChI is InChI=1S/C20H32N5O2P/c1-6-18-8-12-22-20(23-18)24-13-9-19(10-14-24)27-28(26-15-7-11-21)25(16(2)3)17(4)5/h6,8,12,16-17,19H,1,7,9-10,13-15H2,2-5H3. The van der Waals surface area contributed by atoms with Crippen molar-refractivity contribution >= 4 is 20.6 Å². The molecular weight excluding hydrogens is 373 g/mol. The van der Waals surface area contributed by atoms with Gasteiger partial charge in [0, 0.05) is 31.4 Å². The third-order valence-corrected chi connectivity index (χ3v) is 6.68. The van der Waals surface area contributed by atoms with E-state index in [1.165, 1.54) is 0 Å². The third kappa shape index (κ3) is 6.49. The lowest BCUT2D eigenvalue weighted by Crippen LogP contribution is -2.39. The second-order valence-corrected chi connectivity index (χ2v) is 8.73. The highest BCUT2D eigenvalue weighted by Crippen LogP contribution is 2.48. The Morgan fingerprint density at radius 1 is 1.36 bits per heavy atom. The second-order valence-electron chi connectivity index (χ2n) is 7.32. The van der Waals surface area contributed by atoms with Gasteiger partial charge < -0.3 is 13.9 Å². The molecule has 1 fully saturated rings. The van der Waals surface area contributed by atoms with E-state index in [9.17, 15) is 0 Å². The van der Waals surface area contributed by atoms with E-state index in [2.05, 4.69) is 59.9 Å². The first-order chi connectivity index (χ1) is 13.5. The van der Waals surface area contributed by atoms with E-state index in [-0.39, 0.29) is 6.10 Å². The predicted molar refractivity (Wildman–Crippen MR) is 114 cm³/mol. The first-order valence-electron chi connectivity index (χ1n) is 9.91. The maximum atomic E-state index is 8.83. The van der Waals surface area contributed by atoms with Crippen molar-refractivity contribution in [2.24, 2.45) is 0 Å². The molecule has 1 aliphatic heterocycles. The van der Waals surface area contributed by atoms with Gasteiger partial charge in [-0.15, -0.1) is 0 Å². The molecule has 0 saturated carbocycles. The molecule has 0 spiro atoms. The molecule has 0 aromatic carbocycles. The van der Waals surface area contributed by atoms with Crippen molar-refractivity contribution < 1.29 is 9.05 Å². The van der Waals surface area contributed by atoms with Gasteiger partial charge in [-0.2, -0.15) is 5.26 Å². The number of nitrogens with zero attached hydrogens (tertiary/aromatic N) is 5. The zero-order chi connectivity index (χ0) is 20.5. The van der Waals surface area contributed by atoms with Crippen LogP contribution < -0.4 is 4.90 Å². The van der Waals surface area contributed by atoms with Gasteiger partial charge in [-0.05, 0) is 52.7 Å². The SMILES string of the molecule is C=Cc1ccnc(N2CCC(OP(OCCC#N)N(C(C)C)C(C)C)CC2)n1. The van der Waals surface area contributed by atoms with Crippen LogP contribution in [0.3, 0.4) is 0 Å². The van der Waals surface area contributed by atoms with Crippen LogP contribution in [0.25, 0.3) is 6.08 Å². The molecule has 1 saturated heterocycles. The van der Waals surface area contributed by atoms with Gasteiger partial charge in [-0.1, -0.05) is 6.58 Å². The fourth-order valence-corrected chi connectivity index (χ4v) is 4.98. The van der Waals surface area contributed by atoms with Crippen LogP contribution in [-0.4, -0.2) is 52.5 Å². The van der Waals surface area contributed by atoms with E-state index in [1.54, 1.807) is 12.3 Å². The van der Waals surface area contributed by atoms with Gasteiger partial charge in [0.1, 0.15) is 0 Å². The topological polar surface area (TPSA) is 74.5 Å². The first-order valence-corrected chi connectivity index (χ1v) is 11.0. The largest absolute Gasteiger partial charge is 0.341 e. The normalized spacial score (nSPS) is 16.6. The fourth-order valence-electron chi connectivity index (χ4n) is 3.21. The van der Waals surface area contributed by atoms with Crippen molar-refractivity contribution in [1.82, 2.24) is 14.6 Å². The zero-order valence-electron chi connectivity index (χ0n) is 17.4. The van der Waals surface area contributed by atoms with E-state index in [0.717, 1.165) is 37.6 Å². The van der Waals surface area contributed by atoms with Gasteiger partial charge in [-0.3, -0.25) is 0 Å². The number of nitriles is 1. The monoisotopic (exact) mass is 405 g/mol. The second kappa shape index (κ2) is 11.4. The Morgan fingerprint density at radius 3 is 2.61 bits per heavy atom. The molecule has 1 aromatic rings. The van der Waals surface area contributed by atoms with Gasteiger partial charge in [0.05, 0.1) is 30.9 Å². The van der Waals surface area contributed by atoms with Crippen molar-refractivity contribution in [1.29, 1.82) is 5.26 Å². The molecule has 0 amide bonds. The summed E-state index contributed by atoms with van der Waals surface area (Å²) in [4.78, 5) is 11.1. The molecule has 1 unspecified atom stereocenters. The van der Waals surface area contributed by atoms with Crippen LogP contribution >= 0.6 is 8.53 Å². The average Bonchev–Trinajstić information content (AvgIpc) is 2.68. The number of aromatic nitrogens is 2. The lowest BCUT2D eigenvalue weighted by Gasteiger charge is -2.39. The highest BCUT2D eigenvalue weighted by atomic mass is 31.2. The highest BCUT2D eigenvalue weighted by molar-refractivity contribution is 7.44. The summed E-state index contributed by atoms with van der Waals surface area (Å²) in [7, 11) is -1.19. The molecule has 1 aliphatic rings. The smallest absolute Gasteiger partial charge is 0.259 e. The molecule has 7 nitrogen and oxygen atoms in total. The molecule has 0 N–H and O–H groups in total. The lowest BCUT2D eigenvalue weighted by atomic mass is 10.1. The van der Waals surface area contributed by atoms with Crippen LogP contribution in [0.1, 0.15) is 52.7 Å². The van der Waals surface area contributed by atoms with Crippen molar-refractivity contribution in [3.63, 3.8) is 0 Å². The van der Waals surface area contributed by atoms with Gasteiger partial charge in [0.25, 0.3) is 8.53 Å². The van der Waals surface area contributed by atoms with Crippen molar-refractivity contribution in [3.05, 3.63) is 24.5 Å². The van der Waals surface area contributed by atoms with Gasteiger partial charge in [0.15, 0.2) is 0 Å². The minimum Gasteiger partial charge on any atom is -0.341 e. The lowest BCUT2D eigenvalue weighted by molar-refractivity contribution is 0.116. The summed E-state index contributed by atoms with van der Waals surface area (Å²) in [5.74, 6) is 0.745. The van der Waals surface area contributed by atoms with Crippen LogP contribution in [0.5, 0.6) is 0 Å². The number of piperidine rings is 1. The maximum Gasteiger partial charge on any atom is 0.259 e. The summed E-state index contributed by atoms with van der Waals surface area (Å²) in [6, 6.07) is 4.61. The molecule has 1 aromatic heterocycles. The molecule has 0 bridgehead atoms. The molecule has 0 aliphatic carbocycles. The van der Waals surface area contributed by atoms with Gasteiger partial charge in [-0.25, -0.2) is 14.6 Å². The van der Waals surface area contributed by atoms with Crippen molar-refractivity contribution in [2.45, 2.75) is 65.1 Å². The third-order valence-electron chi connectivity index (χ3n) is 4.50. The Bertz CT molecular complexity index is 648. The first kappa shape index (κ1) is 22.7. The molecule has 0 radical (unpaired) electrons. The summed E-state index contributed by atoms with van der Waals surface area (Å²) in [6.45, 7) is 14.5. The number of anilines is 1. The molecule has 154 valence electrons. The number of rotatable bonds is 10. The predicted octanol–water partition coefficient (Wildman–Crippen LogP) is 4.38. The van der Waals surface area contributed by atoms with Crippen molar-refractivity contribution in [2.75, 3.05) is 24.6 Å². The molecule has 2 heterocycles. The van der Waals surface area contributed by atoms with E-state index in [1.807, 2.05) is 6.07 Å². The van der Waals surface area contributed by atoms with Crippen LogP contribution in [0.4, 0.5) is 5.95 Å². The molecular formula is C20H32N5O2P. The van der Waals surface area contributed by atoms with E-state index in [4.69, 9.17) is 14.3 Å². The van der Waals surface area contributed by atoms with E-state index < -0.39 is 8.53 Å². The van der Waals surface area contributed by atoms with Crippen LogP contribution in [-0.2, 0) is 9.05 Å². The number of hydrogen-bond donors (Lipinski definition) is 0. The summed E-state index contributed by atoms with van der Waals surface area (Å²) in [5.41, 5.74) is 0.835. The zero-order valence-corrected chi connectivity index (χ0v) is 18.3. The van der Waals surface area contributed by atoms with Crippen LogP contribution in [0.15, 0.2) is 18.8 Å². The Labute approximate surface area is 170 Å². The quantitative estimate of drug-likeness (QED) is 0.422. The minimum atomic E-state index is -1.19. The fraction of sp³-hybridized carbons (Fsp3) is 0.650. The van der Waals surface area contributed by atoms with Gasteiger partial charge in [0.2, 0.25) is 5.95 Å². The molecule has 28 heavy (non-hydrogen) atoms. The minimum absolute atomic E-state index is 0.132. The average molecular weight is 405 g/mol.